The van der Waals surface area contributed by atoms with Gasteiger partial charge in [0.1, 0.15) is 11.1 Å². The average Bonchev–Trinajstić information content (AvgIpc) is 2.62. The summed E-state index contributed by atoms with van der Waals surface area (Å²) in [6.07, 6.45) is -0.366. The molecule has 2 fully saturated rings. The standard InChI is InChI=1S/C19H24N2O7/c1-11-10-28-17(2,3)20-15(11)18(4,16(20)23)19(24,25)14(22)9-12-5-7-13(8-6-12)21(26)27/h5-8,11,15,24-25H,9-10H2,1-4H3. The average molecular weight is 392 g/mol. The molecule has 2 saturated heterocycles. The van der Waals surface area contributed by atoms with E-state index in [0.717, 1.165) is 0 Å². The van der Waals surface area contributed by atoms with Gasteiger partial charge in [0.15, 0.2) is 5.78 Å². The number of hydrogen-bond donors (Lipinski definition) is 2. The monoisotopic (exact) mass is 392 g/mol. The molecule has 0 bridgehead atoms. The van der Waals surface area contributed by atoms with Gasteiger partial charge in [-0.1, -0.05) is 19.1 Å². The molecule has 0 saturated carbocycles. The largest absolute Gasteiger partial charge is 0.359 e. The van der Waals surface area contributed by atoms with Crippen molar-refractivity contribution in [1.29, 1.82) is 0 Å². The number of ether oxygens (including phenoxy) is 1. The van der Waals surface area contributed by atoms with Gasteiger partial charge in [0.2, 0.25) is 11.7 Å². The molecule has 3 atom stereocenters. The molecule has 9 heteroatoms. The van der Waals surface area contributed by atoms with Gasteiger partial charge in [-0.05, 0) is 26.3 Å². The third-order valence-electron chi connectivity index (χ3n) is 5.98. The Morgan fingerprint density at radius 3 is 2.43 bits per heavy atom. The number of hydrogen-bond acceptors (Lipinski definition) is 7. The lowest BCUT2D eigenvalue weighted by Gasteiger charge is -2.66. The first-order valence-electron chi connectivity index (χ1n) is 9.03. The van der Waals surface area contributed by atoms with Crippen molar-refractivity contribution in [2.75, 3.05) is 6.61 Å². The molecule has 2 aliphatic heterocycles. The van der Waals surface area contributed by atoms with Crippen LogP contribution in [-0.2, 0) is 20.7 Å². The number of nitrogens with zero attached hydrogens (tertiary/aromatic N) is 2. The van der Waals surface area contributed by atoms with Crippen molar-refractivity contribution >= 4 is 17.4 Å². The van der Waals surface area contributed by atoms with Crippen LogP contribution in [0.3, 0.4) is 0 Å². The summed E-state index contributed by atoms with van der Waals surface area (Å²) >= 11 is 0. The summed E-state index contributed by atoms with van der Waals surface area (Å²) in [4.78, 5) is 37.3. The Labute approximate surface area is 162 Å². The first-order chi connectivity index (χ1) is 12.8. The summed E-state index contributed by atoms with van der Waals surface area (Å²) in [7, 11) is 0. The fourth-order valence-corrected chi connectivity index (χ4v) is 4.28. The smallest absolute Gasteiger partial charge is 0.269 e. The highest BCUT2D eigenvalue weighted by molar-refractivity contribution is 6.00. The second-order valence-electron chi connectivity index (χ2n) is 8.25. The number of non-ortho nitro benzene ring substituents is 1. The highest BCUT2D eigenvalue weighted by Crippen LogP contribution is 2.54. The van der Waals surface area contributed by atoms with E-state index >= 15 is 0 Å². The van der Waals surface area contributed by atoms with E-state index in [1.807, 2.05) is 6.92 Å². The van der Waals surface area contributed by atoms with Crippen LogP contribution in [0.15, 0.2) is 24.3 Å². The van der Waals surface area contributed by atoms with Gasteiger partial charge in [-0.2, -0.15) is 0 Å². The Morgan fingerprint density at radius 1 is 1.32 bits per heavy atom. The molecule has 0 aromatic heterocycles. The fourth-order valence-electron chi connectivity index (χ4n) is 4.28. The number of Topliss-reactive ketones (excluding diaryl/α,β-unsaturated/α-hetero) is 1. The zero-order valence-electron chi connectivity index (χ0n) is 16.2. The van der Waals surface area contributed by atoms with E-state index < -0.39 is 39.6 Å². The predicted molar refractivity (Wildman–Crippen MR) is 96.9 cm³/mol. The second kappa shape index (κ2) is 6.33. The normalized spacial score (nSPS) is 29.1. The maximum Gasteiger partial charge on any atom is 0.269 e. The highest BCUT2D eigenvalue weighted by Gasteiger charge is 2.74. The molecule has 0 aliphatic carbocycles. The molecule has 2 heterocycles. The molecule has 2 aliphatic rings. The fraction of sp³-hybridized carbons (Fsp3) is 0.579. The van der Waals surface area contributed by atoms with Crippen molar-refractivity contribution in [3.05, 3.63) is 39.9 Å². The van der Waals surface area contributed by atoms with Gasteiger partial charge in [-0.3, -0.25) is 19.7 Å². The first kappa shape index (κ1) is 20.4. The first-order valence-corrected chi connectivity index (χ1v) is 9.03. The molecular formula is C19H24N2O7. The molecule has 0 spiro atoms. The highest BCUT2D eigenvalue weighted by atomic mass is 16.6. The van der Waals surface area contributed by atoms with Crippen molar-refractivity contribution in [1.82, 2.24) is 4.90 Å². The van der Waals surface area contributed by atoms with Crippen molar-refractivity contribution in [2.24, 2.45) is 11.3 Å². The maximum absolute atomic E-state index is 12.9. The van der Waals surface area contributed by atoms with Crippen molar-refractivity contribution in [2.45, 2.75) is 51.7 Å². The van der Waals surface area contributed by atoms with Gasteiger partial charge in [0.05, 0.1) is 17.6 Å². The Balaban J connectivity index is 1.85. The number of carbonyl (C=O) groups is 2. The van der Waals surface area contributed by atoms with E-state index in [1.54, 1.807) is 13.8 Å². The molecule has 2 N–H and O–H groups in total. The van der Waals surface area contributed by atoms with Crippen LogP contribution >= 0.6 is 0 Å². The van der Waals surface area contributed by atoms with Gasteiger partial charge in [-0.15, -0.1) is 0 Å². The zero-order valence-corrected chi connectivity index (χ0v) is 16.2. The van der Waals surface area contributed by atoms with Gasteiger partial charge >= 0.3 is 0 Å². The number of amides is 1. The second-order valence-corrected chi connectivity index (χ2v) is 8.25. The molecule has 1 aromatic rings. The minimum absolute atomic E-state index is 0.134. The van der Waals surface area contributed by atoms with E-state index in [2.05, 4.69) is 0 Å². The van der Waals surface area contributed by atoms with Crippen LogP contribution in [0.4, 0.5) is 5.69 Å². The molecule has 9 nitrogen and oxygen atoms in total. The summed E-state index contributed by atoms with van der Waals surface area (Å²) in [6, 6.07) is 4.66. The van der Waals surface area contributed by atoms with Crippen LogP contribution in [0.5, 0.6) is 0 Å². The van der Waals surface area contributed by atoms with Gasteiger partial charge in [0, 0.05) is 24.5 Å². The van der Waals surface area contributed by atoms with Crippen LogP contribution < -0.4 is 0 Å². The summed E-state index contributed by atoms with van der Waals surface area (Å²) < 4.78 is 5.68. The van der Waals surface area contributed by atoms with Crippen LogP contribution in [0, 0.1) is 21.4 Å². The molecule has 28 heavy (non-hydrogen) atoms. The number of benzene rings is 1. The Kier molecular flexibility index (Phi) is 4.61. The van der Waals surface area contributed by atoms with E-state index in [-0.39, 0.29) is 18.0 Å². The number of carbonyl (C=O) groups excluding carboxylic acids is 2. The molecule has 1 aromatic carbocycles. The van der Waals surface area contributed by atoms with Crippen molar-refractivity contribution in [3.63, 3.8) is 0 Å². The Bertz CT molecular complexity index is 833. The lowest BCUT2D eigenvalue weighted by molar-refractivity contribution is -0.384. The molecule has 152 valence electrons. The third kappa shape index (κ3) is 2.73. The third-order valence-corrected chi connectivity index (χ3v) is 5.98. The molecule has 3 rings (SSSR count). The summed E-state index contributed by atoms with van der Waals surface area (Å²) in [5, 5.41) is 32.3. The number of fused-ring (bicyclic) bond motifs is 1. The van der Waals surface area contributed by atoms with Crippen molar-refractivity contribution in [3.8, 4) is 0 Å². The lowest BCUT2D eigenvalue weighted by Crippen LogP contribution is -2.84. The maximum atomic E-state index is 12.9. The number of aliphatic hydroxyl groups is 2. The minimum Gasteiger partial charge on any atom is -0.359 e. The quantitative estimate of drug-likeness (QED) is 0.331. The summed E-state index contributed by atoms with van der Waals surface area (Å²) in [6.45, 7) is 6.98. The Morgan fingerprint density at radius 2 is 1.89 bits per heavy atom. The molecular weight excluding hydrogens is 368 g/mol. The number of rotatable bonds is 5. The van der Waals surface area contributed by atoms with Gasteiger partial charge < -0.3 is 19.8 Å². The zero-order chi connectivity index (χ0) is 21.1. The lowest BCUT2D eigenvalue weighted by atomic mass is 9.59. The van der Waals surface area contributed by atoms with Gasteiger partial charge in [-0.25, -0.2) is 0 Å². The summed E-state index contributed by atoms with van der Waals surface area (Å²) in [5.74, 6) is -4.57. The summed E-state index contributed by atoms with van der Waals surface area (Å²) in [5.41, 5.74) is -2.35. The van der Waals surface area contributed by atoms with Crippen LogP contribution in [0.1, 0.15) is 33.3 Å². The minimum atomic E-state index is -2.88. The molecule has 0 radical (unpaired) electrons. The Hall–Kier alpha value is -2.36. The van der Waals surface area contributed by atoms with Crippen LogP contribution in [0.25, 0.3) is 0 Å². The number of nitro groups is 1. The van der Waals surface area contributed by atoms with E-state index in [1.165, 1.54) is 36.1 Å². The molecule has 3 unspecified atom stereocenters. The number of nitro benzene ring substituents is 1. The molecule has 1 amide bonds. The van der Waals surface area contributed by atoms with Crippen LogP contribution in [-0.4, -0.2) is 55.9 Å². The number of ketones is 1. The topological polar surface area (TPSA) is 130 Å². The van der Waals surface area contributed by atoms with E-state index in [9.17, 15) is 29.9 Å². The SMILES string of the molecule is CC1COC(C)(C)N2C(=O)C(C)(C(O)(O)C(=O)Cc3ccc([N+](=O)[O-])cc3)C12. The van der Waals surface area contributed by atoms with E-state index in [4.69, 9.17) is 4.74 Å². The predicted octanol–water partition coefficient (Wildman–Crippen LogP) is 1.01. The van der Waals surface area contributed by atoms with E-state index in [0.29, 0.717) is 12.2 Å². The number of β-lactam (4-membered cyclic amide) rings is 1. The van der Waals surface area contributed by atoms with Gasteiger partial charge in [0.25, 0.3) is 5.69 Å². The van der Waals surface area contributed by atoms with Crippen molar-refractivity contribution < 1.29 is 29.5 Å². The van der Waals surface area contributed by atoms with Crippen LogP contribution in [0.2, 0.25) is 0 Å².